The summed E-state index contributed by atoms with van der Waals surface area (Å²) in [4.78, 5) is 0. The van der Waals surface area contributed by atoms with Crippen molar-refractivity contribution in [3.05, 3.63) is 35.4 Å². The van der Waals surface area contributed by atoms with Crippen LogP contribution in [0.25, 0.3) is 6.08 Å². The lowest BCUT2D eigenvalue weighted by molar-refractivity contribution is 0.445. The third-order valence-corrected chi connectivity index (χ3v) is 2.22. The second-order valence-corrected chi connectivity index (χ2v) is 4.49. The van der Waals surface area contributed by atoms with Crippen LogP contribution in [0.3, 0.4) is 0 Å². The Hall–Kier alpha value is -1.24. The summed E-state index contributed by atoms with van der Waals surface area (Å²) in [5.41, 5.74) is 1.87. The first-order valence-electron chi connectivity index (χ1n) is 4.92. The van der Waals surface area contributed by atoms with Crippen molar-refractivity contribution in [2.45, 2.75) is 33.1 Å². The summed E-state index contributed by atoms with van der Waals surface area (Å²) in [7, 11) is 0. The molecule has 0 aliphatic carbocycles. The van der Waals surface area contributed by atoms with Crippen LogP contribution in [0.1, 0.15) is 38.8 Å². The Labute approximate surface area is 86.1 Å². The molecule has 0 radical (unpaired) electrons. The van der Waals surface area contributed by atoms with Gasteiger partial charge in [0.05, 0.1) is 0 Å². The molecule has 0 unspecified atom stereocenters. The van der Waals surface area contributed by atoms with Crippen LogP contribution in [-0.4, -0.2) is 5.11 Å². The Bertz CT molecular complexity index is 343. The van der Waals surface area contributed by atoms with E-state index in [1.165, 1.54) is 0 Å². The lowest BCUT2D eigenvalue weighted by Crippen LogP contribution is -2.11. The van der Waals surface area contributed by atoms with Gasteiger partial charge in [-0.05, 0) is 17.9 Å². The Morgan fingerprint density at radius 2 is 1.86 bits per heavy atom. The summed E-state index contributed by atoms with van der Waals surface area (Å²) in [5.74, 6) is 0.401. The molecule has 1 rings (SSSR count). The molecule has 0 atom stereocenters. The highest BCUT2D eigenvalue weighted by Gasteiger charge is 2.18. The Balaban J connectivity index is 3.28. The lowest BCUT2D eigenvalue weighted by Gasteiger charge is -2.21. The largest absolute Gasteiger partial charge is 0.507 e. The van der Waals surface area contributed by atoms with Crippen molar-refractivity contribution in [1.29, 1.82) is 0 Å². The van der Waals surface area contributed by atoms with E-state index in [4.69, 9.17) is 0 Å². The van der Waals surface area contributed by atoms with E-state index in [0.29, 0.717) is 5.75 Å². The predicted molar refractivity (Wildman–Crippen MR) is 61.5 cm³/mol. The maximum atomic E-state index is 10.0. The molecule has 1 N–H and O–H groups in total. The average Bonchev–Trinajstić information content (AvgIpc) is 2.07. The summed E-state index contributed by atoms with van der Waals surface area (Å²) in [5, 5.41) is 10.0. The molecular weight excluding hydrogens is 172 g/mol. The van der Waals surface area contributed by atoms with Crippen LogP contribution < -0.4 is 0 Å². The van der Waals surface area contributed by atoms with Crippen LogP contribution in [0.4, 0.5) is 0 Å². The number of allylic oxidation sites excluding steroid dienone is 1. The Morgan fingerprint density at radius 3 is 2.36 bits per heavy atom. The molecule has 76 valence electrons. The van der Waals surface area contributed by atoms with Crippen LogP contribution in [0.5, 0.6) is 5.75 Å². The third-order valence-electron chi connectivity index (χ3n) is 2.22. The summed E-state index contributed by atoms with van der Waals surface area (Å²) < 4.78 is 0. The number of rotatable bonds is 1. The number of phenols is 1. The zero-order valence-corrected chi connectivity index (χ0v) is 9.33. The molecule has 0 saturated carbocycles. The monoisotopic (exact) mass is 190 g/mol. The van der Waals surface area contributed by atoms with Gasteiger partial charge in [0.1, 0.15) is 5.75 Å². The Kier molecular flexibility index (Phi) is 3.00. The van der Waals surface area contributed by atoms with Gasteiger partial charge in [0, 0.05) is 5.56 Å². The molecule has 0 amide bonds. The number of benzene rings is 1. The average molecular weight is 190 g/mol. The van der Waals surface area contributed by atoms with Gasteiger partial charge in [-0.25, -0.2) is 0 Å². The summed E-state index contributed by atoms with van der Waals surface area (Å²) in [6.07, 6.45) is 3.85. The van der Waals surface area contributed by atoms with E-state index in [2.05, 4.69) is 20.8 Å². The molecule has 14 heavy (non-hydrogen) atoms. The van der Waals surface area contributed by atoms with Gasteiger partial charge in [-0.2, -0.15) is 0 Å². The third kappa shape index (κ3) is 2.16. The van der Waals surface area contributed by atoms with E-state index in [0.717, 1.165) is 11.1 Å². The smallest absolute Gasteiger partial charge is 0.126 e. The van der Waals surface area contributed by atoms with E-state index in [1.54, 1.807) is 0 Å². The highest BCUT2D eigenvalue weighted by atomic mass is 16.3. The minimum atomic E-state index is -0.0122. The number of hydrogen-bond acceptors (Lipinski definition) is 1. The maximum Gasteiger partial charge on any atom is 0.126 e. The first-order chi connectivity index (χ1) is 6.46. The molecule has 1 aromatic carbocycles. The minimum Gasteiger partial charge on any atom is -0.507 e. The number of aromatic hydroxyl groups is 1. The Morgan fingerprint density at radius 1 is 1.21 bits per heavy atom. The number of phenolic OH excluding ortho intramolecular Hbond substituents is 1. The van der Waals surface area contributed by atoms with Gasteiger partial charge in [-0.3, -0.25) is 0 Å². The van der Waals surface area contributed by atoms with E-state index >= 15 is 0 Å². The highest BCUT2D eigenvalue weighted by molar-refractivity contribution is 5.60. The molecule has 0 aliphatic heterocycles. The second-order valence-electron chi connectivity index (χ2n) is 4.49. The molecule has 1 aromatic rings. The topological polar surface area (TPSA) is 20.2 Å². The lowest BCUT2D eigenvalue weighted by atomic mass is 9.85. The molecule has 0 spiro atoms. The fourth-order valence-corrected chi connectivity index (χ4v) is 1.48. The predicted octanol–water partition coefficient (Wildman–Crippen LogP) is 3.72. The molecule has 0 bridgehead atoms. The van der Waals surface area contributed by atoms with Crippen LogP contribution >= 0.6 is 0 Å². The van der Waals surface area contributed by atoms with Gasteiger partial charge in [0.25, 0.3) is 0 Å². The molecule has 0 heterocycles. The van der Waals surface area contributed by atoms with Gasteiger partial charge >= 0.3 is 0 Å². The summed E-state index contributed by atoms with van der Waals surface area (Å²) >= 11 is 0. The van der Waals surface area contributed by atoms with Gasteiger partial charge in [0.2, 0.25) is 0 Å². The van der Waals surface area contributed by atoms with Gasteiger partial charge in [-0.15, -0.1) is 0 Å². The van der Waals surface area contributed by atoms with Crippen LogP contribution in [0, 0.1) is 0 Å². The second kappa shape index (κ2) is 3.87. The SMILES string of the molecule is C/C=C/c1cccc(C(C)(C)C)c1O. The molecule has 0 aromatic heterocycles. The van der Waals surface area contributed by atoms with Crippen molar-refractivity contribution in [2.75, 3.05) is 0 Å². The molecular formula is C13H18O. The number of hydrogen-bond donors (Lipinski definition) is 1. The van der Waals surface area contributed by atoms with Crippen molar-refractivity contribution < 1.29 is 5.11 Å². The van der Waals surface area contributed by atoms with Crippen molar-refractivity contribution >= 4 is 6.08 Å². The quantitative estimate of drug-likeness (QED) is 0.715. The van der Waals surface area contributed by atoms with Crippen molar-refractivity contribution in [3.63, 3.8) is 0 Å². The zero-order valence-electron chi connectivity index (χ0n) is 9.33. The normalized spacial score (nSPS) is 12.3. The fourth-order valence-electron chi connectivity index (χ4n) is 1.48. The first kappa shape index (κ1) is 10.8. The zero-order chi connectivity index (χ0) is 10.8. The minimum absolute atomic E-state index is 0.0122. The highest BCUT2D eigenvalue weighted by Crippen LogP contribution is 2.33. The standard InChI is InChI=1S/C13H18O/c1-5-7-10-8-6-9-11(12(10)14)13(2,3)4/h5-9,14H,1-4H3/b7-5+. The summed E-state index contributed by atoms with van der Waals surface area (Å²) in [6, 6.07) is 5.88. The summed E-state index contributed by atoms with van der Waals surface area (Å²) in [6.45, 7) is 8.24. The first-order valence-corrected chi connectivity index (χ1v) is 4.92. The molecule has 1 nitrogen and oxygen atoms in total. The molecule has 0 fully saturated rings. The van der Waals surface area contributed by atoms with Crippen LogP contribution in [0.15, 0.2) is 24.3 Å². The molecule has 0 aliphatic rings. The van der Waals surface area contributed by atoms with E-state index < -0.39 is 0 Å². The van der Waals surface area contributed by atoms with E-state index in [-0.39, 0.29) is 5.41 Å². The van der Waals surface area contributed by atoms with E-state index in [9.17, 15) is 5.11 Å². The molecule has 1 heteroatoms. The van der Waals surface area contributed by atoms with Crippen molar-refractivity contribution in [3.8, 4) is 5.75 Å². The van der Waals surface area contributed by atoms with E-state index in [1.807, 2.05) is 37.3 Å². The number of para-hydroxylation sites is 1. The van der Waals surface area contributed by atoms with Crippen molar-refractivity contribution in [2.24, 2.45) is 0 Å². The van der Waals surface area contributed by atoms with Crippen molar-refractivity contribution in [1.82, 2.24) is 0 Å². The molecule has 0 saturated heterocycles. The van der Waals surface area contributed by atoms with Gasteiger partial charge < -0.3 is 5.11 Å². The van der Waals surface area contributed by atoms with Gasteiger partial charge in [0.15, 0.2) is 0 Å². The van der Waals surface area contributed by atoms with Crippen LogP contribution in [-0.2, 0) is 5.41 Å². The maximum absolute atomic E-state index is 10.0. The van der Waals surface area contributed by atoms with Crippen LogP contribution in [0.2, 0.25) is 0 Å². The van der Waals surface area contributed by atoms with Gasteiger partial charge in [-0.1, -0.05) is 51.1 Å². The fraction of sp³-hybridized carbons (Fsp3) is 0.385.